The number of amides is 2. The Morgan fingerprint density at radius 1 is 1.44 bits per heavy atom. The van der Waals surface area contributed by atoms with E-state index in [1.807, 2.05) is 34.6 Å². The second kappa shape index (κ2) is 8.95. The van der Waals surface area contributed by atoms with E-state index in [-0.39, 0.29) is 34.4 Å². The highest BCUT2D eigenvalue weighted by Crippen LogP contribution is 2.68. The van der Waals surface area contributed by atoms with Gasteiger partial charge in [-0.1, -0.05) is 42.3 Å². The van der Waals surface area contributed by atoms with Gasteiger partial charge in [0.25, 0.3) is 0 Å². The number of aliphatic hydroxyl groups excluding tert-OH is 1. The Hall–Kier alpha value is -1.06. The van der Waals surface area contributed by atoms with Crippen molar-refractivity contribution in [3.63, 3.8) is 0 Å². The first-order valence-electron chi connectivity index (χ1n) is 11.3. The summed E-state index contributed by atoms with van der Waals surface area (Å²) < 4.78 is -0.832. The van der Waals surface area contributed by atoms with Crippen LogP contribution in [0.15, 0.2) is 12.7 Å². The first-order chi connectivity index (χ1) is 14.9. The van der Waals surface area contributed by atoms with Crippen molar-refractivity contribution in [2.24, 2.45) is 17.8 Å². The van der Waals surface area contributed by atoms with Crippen LogP contribution in [0.3, 0.4) is 0 Å². The summed E-state index contributed by atoms with van der Waals surface area (Å²) in [6, 6.07) is -1.38. The number of aliphatic hydroxyl groups is 1. The summed E-state index contributed by atoms with van der Waals surface area (Å²) in [5.41, 5.74) is -0.513. The molecule has 3 aliphatic rings. The van der Waals surface area contributed by atoms with E-state index in [1.165, 1.54) is 11.8 Å². The number of hydrogen-bond acceptors (Lipinski definition) is 5. The summed E-state index contributed by atoms with van der Waals surface area (Å²) >= 11 is 5.14. The Bertz CT molecular complexity index is 802. The average Bonchev–Trinajstić information content (AvgIpc) is 3.29. The predicted molar refractivity (Wildman–Crippen MR) is 129 cm³/mol. The van der Waals surface area contributed by atoms with Crippen molar-refractivity contribution < 1.29 is 24.6 Å². The summed E-state index contributed by atoms with van der Waals surface area (Å²) in [6.45, 7) is 13.6. The Kier molecular flexibility index (Phi) is 7.15. The predicted octanol–water partition coefficient (Wildman–Crippen LogP) is 2.76. The number of aliphatic carboxylic acids is 1. The minimum absolute atomic E-state index is 0.0396. The molecule has 0 aromatic rings. The van der Waals surface area contributed by atoms with Crippen LogP contribution in [0.5, 0.6) is 0 Å². The molecule has 9 heteroatoms. The van der Waals surface area contributed by atoms with Crippen molar-refractivity contribution in [1.82, 2.24) is 9.80 Å². The van der Waals surface area contributed by atoms with Crippen LogP contribution in [-0.2, 0) is 14.4 Å². The van der Waals surface area contributed by atoms with Gasteiger partial charge in [-0.3, -0.25) is 14.4 Å². The van der Waals surface area contributed by atoms with Crippen LogP contribution < -0.4 is 0 Å². The first-order valence-corrected chi connectivity index (χ1v) is 13.1. The van der Waals surface area contributed by atoms with E-state index in [9.17, 15) is 24.6 Å². The lowest BCUT2D eigenvalue weighted by Gasteiger charge is -2.44. The van der Waals surface area contributed by atoms with E-state index in [0.29, 0.717) is 13.0 Å². The molecule has 0 aromatic heterocycles. The minimum Gasteiger partial charge on any atom is -0.481 e. The van der Waals surface area contributed by atoms with E-state index < -0.39 is 40.2 Å². The molecule has 0 saturated carbocycles. The molecule has 180 valence electrons. The molecule has 3 fully saturated rings. The Morgan fingerprint density at radius 3 is 2.53 bits per heavy atom. The summed E-state index contributed by atoms with van der Waals surface area (Å²) in [4.78, 5) is 43.6. The van der Waals surface area contributed by atoms with Gasteiger partial charge in [-0.05, 0) is 33.1 Å². The quantitative estimate of drug-likeness (QED) is 0.369. The molecule has 3 aliphatic heterocycles. The molecule has 3 heterocycles. The van der Waals surface area contributed by atoms with Crippen molar-refractivity contribution in [1.29, 1.82) is 0 Å². The third-order valence-corrected chi connectivity index (χ3v) is 10.7. The summed E-state index contributed by atoms with van der Waals surface area (Å²) in [5.74, 6) is -3.18. The zero-order valence-electron chi connectivity index (χ0n) is 19.5. The molecule has 32 heavy (non-hydrogen) atoms. The lowest BCUT2D eigenvalue weighted by molar-refractivity contribution is -0.151. The van der Waals surface area contributed by atoms with Gasteiger partial charge < -0.3 is 20.0 Å². The largest absolute Gasteiger partial charge is 0.481 e. The van der Waals surface area contributed by atoms with E-state index in [0.717, 1.165) is 6.42 Å². The normalized spacial score (nSPS) is 35.5. The van der Waals surface area contributed by atoms with Crippen molar-refractivity contribution in [2.75, 3.05) is 13.2 Å². The molecule has 3 rings (SSSR count). The van der Waals surface area contributed by atoms with Gasteiger partial charge in [0, 0.05) is 22.2 Å². The monoisotopic (exact) mass is 530 g/mol. The van der Waals surface area contributed by atoms with Gasteiger partial charge in [0.15, 0.2) is 0 Å². The molecular weight excluding hydrogens is 496 g/mol. The highest BCUT2D eigenvalue weighted by atomic mass is 79.9. The molecule has 2 amide bonds. The molecule has 0 radical (unpaired) electrons. The van der Waals surface area contributed by atoms with Crippen LogP contribution in [0.1, 0.15) is 47.5 Å². The number of likely N-dealkylation sites (tertiary alicyclic amines) is 1. The number of halogens is 1. The van der Waals surface area contributed by atoms with Gasteiger partial charge in [-0.2, -0.15) is 0 Å². The van der Waals surface area contributed by atoms with E-state index >= 15 is 0 Å². The number of fused-ring (bicyclic) bond motifs is 1. The molecule has 3 saturated heterocycles. The van der Waals surface area contributed by atoms with Gasteiger partial charge in [-0.15, -0.1) is 18.3 Å². The zero-order valence-corrected chi connectivity index (χ0v) is 21.9. The number of carbonyl (C=O) groups is 3. The number of nitrogens with zero attached hydrogens (tertiary/aromatic N) is 2. The van der Waals surface area contributed by atoms with Crippen molar-refractivity contribution in [3.05, 3.63) is 12.7 Å². The molecule has 3 unspecified atom stereocenters. The Morgan fingerprint density at radius 2 is 2.06 bits per heavy atom. The topological polar surface area (TPSA) is 98.2 Å². The highest BCUT2D eigenvalue weighted by molar-refractivity contribution is 9.09. The SMILES string of the molecule is C=CCN(C(=O)C1N([C@@H](CO)[C@@H](C)CC)C(=O)[C@@H]2[C@@H](C(=O)O)[C@@H]3SC12CC3Br)C(C)(C)C. The van der Waals surface area contributed by atoms with Crippen LogP contribution in [0.4, 0.5) is 0 Å². The maximum Gasteiger partial charge on any atom is 0.308 e. The lowest BCUT2D eigenvalue weighted by Crippen LogP contribution is -2.61. The number of rotatable bonds is 8. The van der Waals surface area contributed by atoms with Gasteiger partial charge in [-0.25, -0.2) is 0 Å². The third kappa shape index (κ3) is 3.72. The maximum absolute atomic E-state index is 14.2. The highest BCUT2D eigenvalue weighted by Gasteiger charge is 2.76. The molecule has 0 aromatic carbocycles. The van der Waals surface area contributed by atoms with Gasteiger partial charge >= 0.3 is 5.97 Å². The van der Waals surface area contributed by atoms with Gasteiger partial charge in [0.05, 0.1) is 29.2 Å². The van der Waals surface area contributed by atoms with Crippen LogP contribution >= 0.6 is 27.7 Å². The standard InChI is InChI=1S/C23H35BrN2O5S/c1-7-9-25(22(4,5)6)20(29)18-23-10-13(24)17(32-23)15(21(30)31)16(23)19(28)26(18)14(11-27)12(3)8-2/h7,12-18,27H,1,8-11H2,2-6H3,(H,30,31)/t12-,13?,14-,15+,16-,17+,18?,23?/m0/s1. The number of carboxylic acids is 1. The number of alkyl halides is 1. The molecule has 8 atom stereocenters. The zero-order chi connectivity index (χ0) is 24.2. The maximum atomic E-state index is 14.2. The third-order valence-electron chi connectivity index (χ3n) is 7.48. The summed E-state index contributed by atoms with van der Waals surface area (Å²) in [6.07, 6.45) is 2.94. The number of thioether (sulfide) groups is 1. The number of carboxylic acid groups (broad SMARTS) is 1. The number of hydrogen-bond donors (Lipinski definition) is 2. The summed E-state index contributed by atoms with van der Waals surface area (Å²) in [5, 5.41) is 20.1. The molecule has 2 N–H and O–H groups in total. The van der Waals surface area contributed by atoms with Crippen LogP contribution in [0.25, 0.3) is 0 Å². The van der Waals surface area contributed by atoms with E-state index in [1.54, 1.807) is 15.9 Å². The van der Waals surface area contributed by atoms with Crippen LogP contribution in [0, 0.1) is 17.8 Å². The van der Waals surface area contributed by atoms with Crippen LogP contribution in [-0.4, -0.2) is 83.4 Å². The summed E-state index contributed by atoms with van der Waals surface area (Å²) in [7, 11) is 0. The molecular formula is C23H35BrN2O5S. The smallest absolute Gasteiger partial charge is 0.308 e. The fourth-order valence-electron chi connectivity index (χ4n) is 5.77. The fourth-order valence-corrected chi connectivity index (χ4v) is 9.36. The minimum atomic E-state index is -0.997. The molecule has 0 aliphatic carbocycles. The number of carbonyl (C=O) groups excluding carboxylic acids is 2. The van der Waals surface area contributed by atoms with Gasteiger partial charge in [0.1, 0.15) is 6.04 Å². The Labute approximate surface area is 203 Å². The van der Waals surface area contributed by atoms with Crippen molar-refractivity contribution >= 4 is 45.5 Å². The molecule has 1 spiro atoms. The molecule has 7 nitrogen and oxygen atoms in total. The average molecular weight is 532 g/mol. The second-order valence-electron chi connectivity index (χ2n) is 10.3. The second-order valence-corrected chi connectivity index (χ2v) is 13.0. The first kappa shape index (κ1) is 25.6. The lowest BCUT2D eigenvalue weighted by atomic mass is 9.71. The molecule has 2 bridgehead atoms. The van der Waals surface area contributed by atoms with Crippen molar-refractivity contribution in [2.45, 2.75) is 79.9 Å². The fraction of sp³-hybridized carbons (Fsp3) is 0.783. The van der Waals surface area contributed by atoms with Crippen LogP contribution in [0.2, 0.25) is 0 Å². The van der Waals surface area contributed by atoms with E-state index in [2.05, 4.69) is 22.5 Å². The van der Waals surface area contributed by atoms with Gasteiger partial charge in [0.2, 0.25) is 11.8 Å². The van der Waals surface area contributed by atoms with E-state index in [4.69, 9.17) is 0 Å². The van der Waals surface area contributed by atoms with Crippen molar-refractivity contribution in [3.8, 4) is 0 Å². The Balaban J connectivity index is 2.19.